The van der Waals surface area contributed by atoms with Gasteiger partial charge in [-0.1, -0.05) is 37.3 Å². The van der Waals surface area contributed by atoms with Crippen LogP contribution >= 0.6 is 0 Å². The summed E-state index contributed by atoms with van der Waals surface area (Å²) in [6.45, 7) is 9.30. The second-order valence-corrected chi connectivity index (χ2v) is 7.89. The van der Waals surface area contributed by atoms with Crippen LogP contribution in [0.25, 0.3) is 0 Å². The van der Waals surface area contributed by atoms with Crippen molar-refractivity contribution >= 4 is 17.7 Å². The van der Waals surface area contributed by atoms with Crippen molar-refractivity contribution in [3.8, 4) is 0 Å². The van der Waals surface area contributed by atoms with E-state index >= 15 is 0 Å². The molecule has 1 N–H and O–H groups in total. The molecule has 2 unspecified atom stereocenters. The Hall–Kier alpha value is -2.71. The summed E-state index contributed by atoms with van der Waals surface area (Å²) in [5.41, 5.74) is 1.58. The van der Waals surface area contributed by atoms with Gasteiger partial charge in [0.2, 0.25) is 5.91 Å². The van der Waals surface area contributed by atoms with Crippen LogP contribution in [0.15, 0.2) is 36.5 Å². The lowest BCUT2D eigenvalue weighted by atomic mass is 10.1. The molecule has 168 valence electrons. The number of nitrogens with one attached hydrogen (secondary N) is 1. The zero-order chi connectivity index (χ0) is 22.4. The summed E-state index contributed by atoms with van der Waals surface area (Å²) in [7, 11) is 1.69. The standard InChI is InChI=1S/C23H33N5O3/c1-5-27(19-12-13-28(15-19)17(3)18-10-8-7-9-11-18)16-21(29)25-22-20(14-24-26(22)4)23(30)31-6-2/h7-11,14,17,19H,5-6,12-13,15-16H2,1-4H3,(H,25,29). The summed E-state index contributed by atoms with van der Waals surface area (Å²) in [4.78, 5) is 29.6. The van der Waals surface area contributed by atoms with E-state index in [4.69, 9.17) is 4.74 Å². The first-order chi connectivity index (χ1) is 14.9. The van der Waals surface area contributed by atoms with Gasteiger partial charge < -0.3 is 10.1 Å². The number of hydrogen-bond acceptors (Lipinski definition) is 6. The highest BCUT2D eigenvalue weighted by Gasteiger charge is 2.31. The second-order valence-electron chi connectivity index (χ2n) is 7.89. The average Bonchev–Trinajstić information content (AvgIpc) is 3.40. The van der Waals surface area contributed by atoms with Gasteiger partial charge in [0.05, 0.1) is 19.3 Å². The highest BCUT2D eigenvalue weighted by atomic mass is 16.5. The average molecular weight is 428 g/mol. The molecule has 2 atom stereocenters. The quantitative estimate of drug-likeness (QED) is 0.620. The van der Waals surface area contributed by atoms with Gasteiger partial charge in [-0.25, -0.2) is 4.79 Å². The molecule has 1 aromatic heterocycles. The summed E-state index contributed by atoms with van der Waals surface area (Å²) in [5.74, 6) is -0.282. The van der Waals surface area contributed by atoms with Crippen molar-refractivity contribution in [2.75, 3.05) is 38.1 Å². The van der Waals surface area contributed by atoms with E-state index in [-0.39, 0.29) is 24.6 Å². The van der Waals surface area contributed by atoms with Crippen LogP contribution in [-0.4, -0.2) is 70.3 Å². The molecule has 0 bridgehead atoms. The molecule has 1 amide bonds. The molecule has 1 saturated heterocycles. The van der Waals surface area contributed by atoms with E-state index in [0.717, 1.165) is 26.1 Å². The van der Waals surface area contributed by atoms with Crippen LogP contribution in [0.1, 0.15) is 49.2 Å². The van der Waals surface area contributed by atoms with Crippen molar-refractivity contribution in [1.29, 1.82) is 0 Å². The minimum absolute atomic E-state index is 0.162. The van der Waals surface area contributed by atoms with Gasteiger partial charge in [0.1, 0.15) is 11.4 Å². The number of aromatic nitrogens is 2. The smallest absolute Gasteiger partial charge is 0.343 e. The number of carbonyl (C=O) groups excluding carboxylic acids is 2. The molecule has 1 aliphatic rings. The minimum atomic E-state index is -0.486. The Labute approximate surface area is 184 Å². The van der Waals surface area contributed by atoms with Crippen LogP contribution in [0, 0.1) is 0 Å². The molecule has 8 nitrogen and oxygen atoms in total. The van der Waals surface area contributed by atoms with E-state index in [1.165, 1.54) is 16.4 Å². The summed E-state index contributed by atoms with van der Waals surface area (Å²) < 4.78 is 6.54. The van der Waals surface area contributed by atoms with E-state index in [1.807, 2.05) is 6.07 Å². The molecular weight excluding hydrogens is 394 g/mol. The molecule has 1 aromatic carbocycles. The molecule has 31 heavy (non-hydrogen) atoms. The Bertz CT molecular complexity index is 883. The van der Waals surface area contributed by atoms with Crippen LogP contribution in [0.4, 0.5) is 5.82 Å². The van der Waals surface area contributed by atoms with Gasteiger partial charge >= 0.3 is 5.97 Å². The van der Waals surface area contributed by atoms with Crippen molar-refractivity contribution < 1.29 is 14.3 Å². The van der Waals surface area contributed by atoms with E-state index in [0.29, 0.717) is 17.9 Å². The number of carbonyl (C=O) groups is 2. The highest BCUT2D eigenvalue weighted by molar-refractivity contribution is 6.00. The van der Waals surface area contributed by atoms with E-state index in [1.54, 1.807) is 14.0 Å². The Morgan fingerprint density at radius 3 is 2.71 bits per heavy atom. The Morgan fingerprint density at radius 1 is 1.29 bits per heavy atom. The number of ether oxygens (including phenoxy) is 1. The molecule has 2 aromatic rings. The minimum Gasteiger partial charge on any atom is -0.462 e. The molecule has 2 heterocycles. The van der Waals surface area contributed by atoms with Crippen LogP contribution in [0.5, 0.6) is 0 Å². The number of anilines is 1. The molecule has 3 rings (SSSR count). The SMILES string of the molecule is CCOC(=O)c1cnn(C)c1NC(=O)CN(CC)C1CCN(C(C)c2ccccc2)C1. The first-order valence-corrected chi connectivity index (χ1v) is 11.0. The number of benzene rings is 1. The van der Waals surface area contributed by atoms with E-state index in [2.05, 4.69) is 58.3 Å². The third-order valence-electron chi connectivity index (χ3n) is 5.99. The topological polar surface area (TPSA) is 79.7 Å². The van der Waals surface area contributed by atoms with Crippen LogP contribution in [0.3, 0.4) is 0 Å². The fraction of sp³-hybridized carbons (Fsp3) is 0.522. The Balaban J connectivity index is 1.60. The number of rotatable bonds is 9. The zero-order valence-corrected chi connectivity index (χ0v) is 18.9. The van der Waals surface area contributed by atoms with Crippen molar-refractivity contribution in [1.82, 2.24) is 19.6 Å². The summed E-state index contributed by atoms with van der Waals surface area (Å²) >= 11 is 0. The molecule has 1 fully saturated rings. The lowest BCUT2D eigenvalue weighted by molar-refractivity contribution is -0.117. The number of hydrogen-bond donors (Lipinski definition) is 1. The van der Waals surface area contributed by atoms with Crippen molar-refractivity contribution in [3.05, 3.63) is 47.7 Å². The van der Waals surface area contributed by atoms with E-state index < -0.39 is 5.97 Å². The first-order valence-electron chi connectivity index (χ1n) is 11.0. The van der Waals surface area contributed by atoms with Gasteiger partial charge in [0, 0.05) is 32.2 Å². The molecule has 0 aliphatic carbocycles. The predicted molar refractivity (Wildman–Crippen MR) is 120 cm³/mol. The molecular formula is C23H33N5O3. The monoisotopic (exact) mass is 427 g/mol. The number of amides is 1. The van der Waals surface area contributed by atoms with Gasteiger partial charge in [-0.05, 0) is 32.4 Å². The largest absolute Gasteiger partial charge is 0.462 e. The van der Waals surface area contributed by atoms with Crippen LogP contribution in [0.2, 0.25) is 0 Å². The fourth-order valence-electron chi connectivity index (χ4n) is 4.16. The third kappa shape index (κ3) is 5.51. The number of likely N-dealkylation sites (N-methyl/N-ethyl adjacent to an activating group) is 1. The summed E-state index contributed by atoms with van der Waals surface area (Å²) in [5, 5.41) is 6.94. The number of nitrogens with zero attached hydrogens (tertiary/aromatic N) is 4. The maximum atomic E-state index is 12.8. The maximum absolute atomic E-state index is 12.8. The Kier molecular flexibility index (Phi) is 7.81. The number of esters is 1. The highest BCUT2D eigenvalue weighted by Crippen LogP contribution is 2.26. The summed E-state index contributed by atoms with van der Waals surface area (Å²) in [6, 6.07) is 11.2. The third-order valence-corrected chi connectivity index (χ3v) is 5.99. The zero-order valence-electron chi connectivity index (χ0n) is 18.9. The van der Waals surface area contributed by atoms with Gasteiger partial charge in [-0.2, -0.15) is 5.10 Å². The normalized spacial score (nSPS) is 17.6. The first kappa shape index (κ1) is 23.0. The lowest BCUT2D eigenvalue weighted by Crippen LogP contribution is -2.42. The van der Waals surface area contributed by atoms with Crippen LogP contribution in [-0.2, 0) is 16.6 Å². The van der Waals surface area contributed by atoms with Crippen LogP contribution < -0.4 is 5.32 Å². The lowest BCUT2D eigenvalue weighted by Gasteiger charge is -2.29. The maximum Gasteiger partial charge on any atom is 0.343 e. The Morgan fingerprint density at radius 2 is 2.03 bits per heavy atom. The van der Waals surface area contributed by atoms with E-state index in [9.17, 15) is 9.59 Å². The summed E-state index contributed by atoms with van der Waals surface area (Å²) in [6.07, 6.45) is 2.45. The molecule has 0 spiro atoms. The van der Waals surface area contributed by atoms with Gasteiger partial charge in [-0.3, -0.25) is 19.3 Å². The molecule has 0 radical (unpaired) electrons. The van der Waals surface area contributed by atoms with Crippen molar-refractivity contribution in [2.45, 2.75) is 39.3 Å². The van der Waals surface area contributed by atoms with Gasteiger partial charge in [0.25, 0.3) is 0 Å². The fourth-order valence-corrected chi connectivity index (χ4v) is 4.16. The molecule has 1 aliphatic heterocycles. The number of aryl methyl sites for hydroxylation is 1. The van der Waals surface area contributed by atoms with Gasteiger partial charge in [-0.15, -0.1) is 0 Å². The van der Waals surface area contributed by atoms with Crippen molar-refractivity contribution in [2.24, 2.45) is 7.05 Å². The van der Waals surface area contributed by atoms with Gasteiger partial charge in [0.15, 0.2) is 0 Å². The second kappa shape index (κ2) is 10.5. The predicted octanol–water partition coefficient (Wildman–Crippen LogP) is 2.69. The molecule has 8 heteroatoms. The van der Waals surface area contributed by atoms with Crippen molar-refractivity contribution in [3.63, 3.8) is 0 Å². The number of likely N-dealkylation sites (tertiary alicyclic amines) is 1. The molecule has 0 saturated carbocycles.